The maximum absolute atomic E-state index is 11.9. The maximum Gasteiger partial charge on any atom is 0.234 e. The van der Waals surface area contributed by atoms with Gasteiger partial charge in [-0.3, -0.25) is 14.5 Å². The standard InChI is InChI=1S/C14H20N2O4/c1-16(10-14(19)15-7-8-20-2)9-13(18)11-3-5-12(17)6-4-11/h3-6,17H,7-10H2,1-2H3,(H,15,19). The number of ether oxygens (including phenoxy) is 1. The summed E-state index contributed by atoms with van der Waals surface area (Å²) in [5.41, 5.74) is 0.509. The lowest BCUT2D eigenvalue weighted by Gasteiger charge is -2.15. The summed E-state index contributed by atoms with van der Waals surface area (Å²) in [6.45, 7) is 1.20. The molecule has 0 aliphatic carbocycles. The largest absolute Gasteiger partial charge is 0.508 e. The van der Waals surface area contributed by atoms with Crippen LogP contribution in [0.5, 0.6) is 5.75 Å². The van der Waals surface area contributed by atoms with E-state index in [1.54, 1.807) is 31.2 Å². The molecule has 0 aromatic heterocycles. The van der Waals surface area contributed by atoms with Crippen molar-refractivity contribution in [3.63, 3.8) is 0 Å². The van der Waals surface area contributed by atoms with Gasteiger partial charge in [-0.05, 0) is 31.3 Å². The lowest BCUT2D eigenvalue weighted by Crippen LogP contribution is -2.38. The first-order valence-electron chi connectivity index (χ1n) is 6.29. The molecule has 2 N–H and O–H groups in total. The molecule has 1 aromatic rings. The number of amides is 1. The highest BCUT2D eigenvalue weighted by Crippen LogP contribution is 2.10. The van der Waals surface area contributed by atoms with Crippen LogP contribution >= 0.6 is 0 Å². The summed E-state index contributed by atoms with van der Waals surface area (Å²) in [5.74, 6) is -0.132. The number of hydrogen-bond donors (Lipinski definition) is 2. The second-order valence-electron chi connectivity index (χ2n) is 4.49. The van der Waals surface area contributed by atoms with Crippen LogP contribution in [0.1, 0.15) is 10.4 Å². The van der Waals surface area contributed by atoms with E-state index in [2.05, 4.69) is 5.32 Å². The van der Waals surface area contributed by atoms with Crippen LogP contribution in [0.2, 0.25) is 0 Å². The number of methoxy groups -OCH3 is 1. The van der Waals surface area contributed by atoms with Gasteiger partial charge in [-0.2, -0.15) is 0 Å². The molecule has 0 heterocycles. The zero-order chi connectivity index (χ0) is 15.0. The summed E-state index contributed by atoms with van der Waals surface area (Å²) in [4.78, 5) is 25.1. The van der Waals surface area contributed by atoms with E-state index in [4.69, 9.17) is 9.84 Å². The fourth-order valence-corrected chi connectivity index (χ4v) is 1.63. The van der Waals surface area contributed by atoms with E-state index in [1.807, 2.05) is 0 Å². The molecule has 0 radical (unpaired) electrons. The number of phenolic OH excluding ortho intramolecular Hbond substituents is 1. The minimum Gasteiger partial charge on any atom is -0.508 e. The normalized spacial score (nSPS) is 10.6. The summed E-state index contributed by atoms with van der Waals surface area (Å²) in [5, 5.41) is 11.8. The Morgan fingerprint density at radius 2 is 1.90 bits per heavy atom. The average Bonchev–Trinajstić information content (AvgIpc) is 2.39. The fraction of sp³-hybridized carbons (Fsp3) is 0.429. The van der Waals surface area contributed by atoms with Gasteiger partial charge < -0.3 is 15.2 Å². The number of nitrogens with one attached hydrogen (secondary N) is 1. The maximum atomic E-state index is 11.9. The monoisotopic (exact) mass is 280 g/mol. The Balaban J connectivity index is 2.37. The van der Waals surface area contributed by atoms with E-state index < -0.39 is 0 Å². The number of benzene rings is 1. The van der Waals surface area contributed by atoms with Gasteiger partial charge in [0.05, 0.1) is 19.7 Å². The number of ketones is 1. The number of nitrogens with zero attached hydrogens (tertiary/aromatic N) is 1. The number of phenols is 1. The Morgan fingerprint density at radius 1 is 1.25 bits per heavy atom. The third kappa shape index (κ3) is 5.81. The fourth-order valence-electron chi connectivity index (χ4n) is 1.63. The molecule has 0 aliphatic heterocycles. The van der Waals surface area contributed by atoms with Crippen LogP contribution < -0.4 is 5.32 Å². The molecular weight excluding hydrogens is 260 g/mol. The third-order valence-corrected chi connectivity index (χ3v) is 2.64. The zero-order valence-corrected chi connectivity index (χ0v) is 11.8. The van der Waals surface area contributed by atoms with Crippen LogP contribution in [0.4, 0.5) is 0 Å². The predicted octanol–water partition coefficient (Wildman–Crippen LogP) is 0.269. The molecule has 0 bridgehead atoms. The molecule has 1 amide bonds. The molecule has 0 atom stereocenters. The zero-order valence-electron chi connectivity index (χ0n) is 11.8. The van der Waals surface area contributed by atoms with Crippen LogP contribution in [0.25, 0.3) is 0 Å². The molecule has 6 nitrogen and oxygen atoms in total. The van der Waals surface area contributed by atoms with Crippen molar-refractivity contribution in [2.45, 2.75) is 0 Å². The van der Waals surface area contributed by atoms with E-state index in [0.717, 1.165) is 0 Å². The minimum absolute atomic E-state index is 0.0998. The van der Waals surface area contributed by atoms with Crippen molar-refractivity contribution < 1.29 is 19.4 Å². The number of carbonyl (C=O) groups excluding carboxylic acids is 2. The molecule has 1 aromatic carbocycles. The summed E-state index contributed by atoms with van der Waals surface area (Å²) in [6.07, 6.45) is 0. The molecule has 110 valence electrons. The highest BCUT2D eigenvalue weighted by molar-refractivity contribution is 5.97. The Bertz CT molecular complexity index is 445. The summed E-state index contributed by atoms with van der Waals surface area (Å²) < 4.78 is 4.83. The molecule has 0 saturated carbocycles. The second-order valence-corrected chi connectivity index (χ2v) is 4.49. The smallest absolute Gasteiger partial charge is 0.234 e. The van der Waals surface area contributed by atoms with Crippen molar-refractivity contribution >= 4 is 11.7 Å². The number of likely N-dealkylation sites (N-methyl/N-ethyl adjacent to an activating group) is 1. The van der Waals surface area contributed by atoms with Gasteiger partial charge in [0.15, 0.2) is 5.78 Å². The van der Waals surface area contributed by atoms with E-state index in [-0.39, 0.29) is 30.5 Å². The quantitative estimate of drug-likeness (QED) is 0.528. The summed E-state index contributed by atoms with van der Waals surface area (Å²) in [6, 6.07) is 6.05. The van der Waals surface area contributed by atoms with Gasteiger partial charge >= 0.3 is 0 Å². The molecule has 0 spiro atoms. The molecule has 6 heteroatoms. The first-order chi connectivity index (χ1) is 9.52. The van der Waals surface area contributed by atoms with E-state index in [1.165, 1.54) is 12.1 Å². The number of hydrogen-bond acceptors (Lipinski definition) is 5. The van der Waals surface area contributed by atoms with Gasteiger partial charge in [0.25, 0.3) is 0 Å². The van der Waals surface area contributed by atoms with Crippen LogP contribution in [0, 0.1) is 0 Å². The molecule has 20 heavy (non-hydrogen) atoms. The topological polar surface area (TPSA) is 78.9 Å². The lowest BCUT2D eigenvalue weighted by atomic mass is 10.1. The number of carbonyl (C=O) groups is 2. The van der Waals surface area contributed by atoms with E-state index >= 15 is 0 Å². The van der Waals surface area contributed by atoms with Gasteiger partial charge in [0.2, 0.25) is 5.91 Å². The number of rotatable bonds is 8. The van der Waals surface area contributed by atoms with Gasteiger partial charge in [0, 0.05) is 19.2 Å². The van der Waals surface area contributed by atoms with Gasteiger partial charge in [-0.25, -0.2) is 0 Å². The van der Waals surface area contributed by atoms with Gasteiger partial charge in [0.1, 0.15) is 5.75 Å². The summed E-state index contributed by atoms with van der Waals surface area (Å²) >= 11 is 0. The average molecular weight is 280 g/mol. The Morgan fingerprint density at radius 3 is 2.50 bits per heavy atom. The van der Waals surface area contributed by atoms with Crippen LogP contribution in [-0.4, -0.2) is 62.1 Å². The molecule has 1 rings (SSSR count). The predicted molar refractivity (Wildman–Crippen MR) is 74.8 cm³/mol. The minimum atomic E-state index is -0.150. The molecular formula is C14H20N2O4. The van der Waals surface area contributed by atoms with Crippen LogP contribution in [-0.2, 0) is 9.53 Å². The van der Waals surface area contributed by atoms with Crippen molar-refractivity contribution in [1.82, 2.24) is 10.2 Å². The second kappa shape index (κ2) is 8.29. The van der Waals surface area contributed by atoms with Crippen molar-refractivity contribution in [2.24, 2.45) is 0 Å². The van der Waals surface area contributed by atoms with Crippen LogP contribution in [0.3, 0.4) is 0 Å². The molecule has 0 fully saturated rings. The number of aromatic hydroxyl groups is 1. The molecule has 0 saturated heterocycles. The Labute approximate surface area is 118 Å². The highest BCUT2D eigenvalue weighted by atomic mass is 16.5. The highest BCUT2D eigenvalue weighted by Gasteiger charge is 2.12. The third-order valence-electron chi connectivity index (χ3n) is 2.64. The van der Waals surface area contributed by atoms with Crippen molar-refractivity contribution in [1.29, 1.82) is 0 Å². The Kier molecular flexibility index (Phi) is 6.69. The first-order valence-corrected chi connectivity index (χ1v) is 6.29. The van der Waals surface area contributed by atoms with Crippen molar-refractivity contribution in [3.05, 3.63) is 29.8 Å². The molecule has 0 aliphatic rings. The van der Waals surface area contributed by atoms with E-state index in [0.29, 0.717) is 18.7 Å². The molecule has 0 unspecified atom stereocenters. The SMILES string of the molecule is COCCNC(=O)CN(C)CC(=O)c1ccc(O)cc1. The number of Topliss-reactive ketones (excluding diaryl/α,β-unsaturated/α-hetero) is 1. The first kappa shape index (κ1) is 16.1. The van der Waals surface area contributed by atoms with Gasteiger partial charge in [-0.1, -0.05) is 0 Å². The van der Waals surface area contributed by atoms with Crippen LogP contribution in [0.15, 0.2) is 24.3 Å². The van der Waals surface area contributed by atoms with Crippen molar-refractivity contribution in [2.75, 3.05) is 40.4 Å². The summed E-state index contributed by atoms with van der Waals surface area (Å²) in [7, 11) is 3.27. The van der Waals surface area contributed by atoms with Crippen molar-refractivity contribution in [3.8, 4) is 5.75 Å². The van der Waals surface area contributed by atoms with Gasteiger partial charge in [-0.15, -0.1) is 0 Å². The Hall–Kier alpha value is -1.92. The lowest BCUT2D eigenvalue weighted by molar-refractivity contribution is -0.122. The van der Waals surface area contributed by atoms with E-state index in [9.17, 15) is 9.59 Å².